The van der Waals surface area contributed by atoms with Crippen LogP contribution >= 0.6 is 0 Å². The third-order valence-electron chi connectivity index (χ3n) is 0.763. The molecular formula is C6H14NY. The van der Waals surface area contributed by atoms with Crippen LogP contribution < -0.4 is 0 Å². The van der Waals surface area contributed by atoms with Crippen molar-refractivity contribution in [2.24, 2.45) is 0 Å². The molecule has 0 saturated carbocycles. The number of nitrogens with zero attached hydrogens (tertiary/aromatic N) is 1. The van der Waals surface area contributed by atoms with Crippen molar-refractivity contribution < 1.29 is 32.7 Å². The summed E-state index contributed by atoms with van der Waals surface area (Å²) in [6.07, 6.45) is 0. The Balaban J connectivity index is -0.000000125. The summed E-state index contributed by atoms with van der Waals surface area (Å²) in [6, 6.07) is 0. The van der Waals surface area contributed by atoms with Gasteiger partial charge >= 0.3 is 32.7 Å². The van der Waals surface area contributed by atoms with E-state index >= 15 is 0 Å². The van der Waals surface area contributed by atoms with Crippen LogP contribution in [-0.4, -0.2) is 25.0 Å². The van der Waals surface area contributed by atoms with Crippen LogP contribution in [0.2, 0.25) is 0 Å². The summed E-state index contributed by atoms with van der Waals surface area (Å²) in [4.78, 5) is 2.03. The molecule has 0 spiro atoms. The summed E-state index contributed by atoms with van der Waals surface area (Å²) < 4.78 is 0. The van der Waals surface area contributed by atoms with Gasteiger partial charge in [0, 0.05) is 0 Å². The van der Waals surface area contributed by atoms with Crippen molar-refractivity contribution in [3.8, 4) is 0 Å². The molecule has 0 rings (SSSR count). The number of hydrogen-bond acceptors (Lipinski definition) is 1. The standard InChI is InChI=1S/C5H11N.CH3.Y/c1-4-6(3)5-2;;/h1-2,4-5H2,3H3;1H3;/q-2;-1;+3. The first kappa shape index (κ1) is 16.0. The fraction of sp³-hybridized carbons (Fsp3) is 0.500. The maximum Gasteiger partial charge on any atom is 3.00 e. The topological polar surface area (TPSA) is 3.24 Å². The maximum absolute atomic E-state index is 3.64. The molecular weight excluding hydrogens is 175 g/mol. The van der Waals surface area contributed by atoms with Gasteiger partial charge in [0.15, 0.2) is 0 Å². The van der Waals surface area contributed by atoms with Gasteiger partial charge in [-0.25, -0.2) is 0 Å². The zero-order valence-electron chi connectivity index (χ0n) is 5.85. The molecule has 0 aliphatic carbocycles. The molecule has 0 bridgehead atoms. The van der Waals surface area contributed by atoms with Crippen LogP contribution in [0.5, 0.6) is 0 Å². The van der Waals surface area contributed by atoms with Crippen molar-refractivity contribution in [1.29, 1.82) is 0 Å². The molecule has 1 nitrogen and oxygen atoms in total. The van der Waals surface area contributed by atoms with Gasteiger partial charge in [0.05, 0.1) is 0 Å². The molecule has 0 heterocycles. The maximum atomic E-state index is 3.64. The van der Waals surface area contributed by atoms with E-state index in [9.17, 15) is 0 Å². The van der Waals surface area contributed by atoms with Crippen molar-refractivity contribution in [2.45, 2.75) is 0 Å². The second-order valence-electron chi connectivity index (χ2n) is 1.30. The molecule has 0 aromatic carbocycles. The summed E-state index contributed by atoms with van der Waals surface area (Å²) in [5.74, 6) is 0. The molecule has 0 radical (unpaired) electrons. The van der Waals surface area contributed by atoms with Gasteiger partial charge < -0.3 is 26.2 Å². The second-order valence-corrected chi connectivity index (χ2v) is 1.30. The Bertz CT molecular complexity index is 27.7. The van der Waals surface area contributed by atoms with Crippen LogP contribution in [0.25, 0.3) is 0 Å². The first-order chi connectivity index (χ1) is 2.81. The first-order valence-corrected chi connectivity index (χ1v) is 2.08. The molecule has 0 aliphatic heterocycles. The van der Waals surface area contributed by atoms with Crippen LogP contribution in [0, 0.1) is 21.3 Å². The van der Waals surface area contributed by atoms with E-state index in [1.807, 2.05) is 11.9 Å². The summed E-state index contributed by atoms with van der Waals surface area (Å²) >= 11 is 0. The molecule has 0 saturated heterocycles. The van der Waals surface area contributed by atoms with E-state index < -0.39 is 0 Å². The van der Waals surface area contributed by atoms with Crippen LogP contribution in [0.1, 0.15) is 0 Å². The smallest absolute Gasteiger partial charge is 0.365 e. The van der Waals surface area contributed by atoms with Gasteiger partial charge in [0.25, 0.3) is 0 Å². The van der Waals surface area contributed by atoms with Crippen molar-refractivity contribution in [2.75, 3.05) is 20.1 Å². The minimum Gasteiger partial charge on any atom is -0.365 e. The molecule has 0 N–H and O–H groups in total. The predicted octanol–water partition coefficient (Wildman–Crippen LogP) is 1.03. The largest absolute Gasteiger partial charge is 3.00 e. The van der Waals surface area contributed by atoms with E-state index in [0.29, 0.717) is 0 Å². The van der Waals surface area contributed by atoms with Gasteiger partial charge in [-0.05, 0) is 7.05 Å². The Morgan fingerprint density at radius 2 is 1.50 bits per heavy atom. The zero-order chi connectivity index (χ0) is 4.99. The predicted molar refractivity (Wildman–Crippen MR) is 34.6 cm³/mol. The van der Waals surface area contributed by atoms with Crippen LogP contribution in [0.15, 0.2) is 0 Å². The van der Waals surface area contributed by atoms with Gasteiger partial charge in [-0.3, -0.25) is 0 Å². The third-order valence-corrected chi connectivity index (χ3v) is 0.763. The molecule has 0 aromatic heterocycles. The Morgan fingerprint density at radius 1 is 1.25 bits per heavy atom. The molecule has 0 atom stereocenters. The Hall–Kier alpha value is 1.06. The summed E-state index contributed by atoms with van der Waals surface area (Å²) in [6.45, 7) is 8.99. The summed E-state index contributed by atoms with van der Waals surface area (Å²) in [7, 11) is 1.99. The van der Waals surface area contributed by atoms with E-state index in [1.54, 1.807) is 0 Å². The van der Waals surface area contributed by atoms with Gasteiger partial charge in [0.1, 0.15) is 0 Å². The number of hydrogen-bond donors (Lipinski definition) is 0. The fourth-order valence-electron chi connectivity index (χ4n) is 0.112. The van der Waals surface area contributed by atoms with Crippen molar-refractivity contribution in [3.63, 3.8) is 0 Å². The molecule has 0 aliphatic rings. The Kier molecular flexibility index (Phi) is 21.9. The van der Waals surface area contributed by atoms with Gasteiger partial charge in [-0.1, -0.05) is 0 Å². The first-order valence-electron chi connectivity index (χ1n) is 2.08. The van der Waals surface area contributed by atoms with Crippen LogP contribution in [-0.2, 0) is 32.7 Å². The molecule has 0 unspecified atom stereocenters. The average molecular weight is 189 g/mol. The quantitative estimate of drug-likeness (QED) is 0.586. The van der Waals surface area contributed by atoms with E-state index in [2.05, 4.69) is 13.8 Å². The molecule has 0 aromatic rings. The van der Waals surface area contributed by atoms with E-state index in [1.165, 1.54) is 0 Å². The van der Waals surface area contributed by atoms with Crippen LogP contribution in [0.3, 0.4) is 0 Å². The molecule has 0 fully saturated rings. The Morgan fingerprint density at radius 3 is 1.50 bits per heavy atom. The third kappa shape index (κ3) is 10.1. The Labute approximate surface area is 78.7 Å². The summed E-state index contributed by atoms with van der Waals surface area (Å²) in [5, 5.41) is 0. The van der Waals surface area contributed by atoms with Crippen molar-refractivity contribution >= 4 is 0 Å². The fourth-order valence-corrected chi connectivity index (χ4v) is 0.112. The zero-order valence-corrected chi connectivity index (χ0v) is 8.69. The minimum absolute atomic E-state index is 0. The van der Waals surface area contributed by atoms with E-state index in [4.69, 9.17) is 0 Å². The van der Waals surface area contributed by atoms with Crippen molar-refractivity contribution in [1.82, 2.24) is 4.90 Å². The molecule has 0 amide bonds. The SMILES string of the molecule is [CH2-]CN(C)C[CH2-].[CH3-].[Y+3]. The normalized spacial score (nSPS) is 7.50. The number of rotatable bonds is 2. The molecule has 46 valence electrons. The van der Waals surface area contributed by atoms with Crippen LogP contribution in [0.4, 0.5) is 0 Å². The monoisotopic (exact) mass is 189 g/mol. The van der Waals surface area contributed by atoms with Gasteiger partial charge in [-0.2, -0.15) is 0 Å². The summed E-state index contributed by atoms with van der Waals surface area (Å²) in [5.41, 5.74) is 0. The second kappa shape index (κ2) is 10.9. The van der Waals surface area contributed by atoms with Gasteiger partial charge in [-0.15, -0.1) is 13.1 Å². The van der Waals surface area contributed by atoms with Gasteiger partial charge in [0.2, 0.25) is 0 Å². The molecule has 2 heteroatoms. The molecule has 8 heavy (non-hydrogen) atoms. The van der Waals surface area contributed by atoms with Crippen molar-refractivity contribution in [3.05, 3.63) is 21.3 Å². The van der Waals surface area contributed by atoms with E-state index in [0.717, 1.165) is 13.1 Å². The van der Waals surface area contributed by atoms with E-state index in [-0.39, 0.29) is 40.1 Å². The average Bonchev–Trinajstić information content (AvgIpc) is 1.65. The minimum atomic E-state index is 0.